The molecular weight excluding hydrogens is 340 g/mol. The second-order valence-electron chi connectivity index (χ2n) is 6.57. The second kappa shape index (κ2) is 6.44. The lowest BCUT2D eigenvalue weighted by Crippen LogP contribution is -2.14. The minimum Gasteiger partial charge on any atom is -0.378 e. The zero-order valence-electron chi connectivity index (χ0n) is 14.0. The zero-order valence-corrected chi connectivity index (χ0v) is 14.8. The van der Waals surface area contributed by atoms with Gasteiger partial charge in [0.25, 0.3) is 0 Å². The predicted octanol–water partition coefficient (Wildman–Crippen LogP) is 2.65. The molecule has 2 aliphatic heterocycles. The summed E-state index contributed by atoms with van der Waals surface area (Å²) in [6, 6.07) is 12.4. The van der Waals surface area contributed by atoms with Crippen LogP contribution in [0.1, 0.15) is 16.7 Å². The van der Waals surface area contributed by atoms with Gasteiger partial charge in [-0.15, -0.1) is 0 Å². The normalized spacial score (nSPS) is 21.8. The molecule has 2 heterocycles. The van der Waals surface area contributed by atoms with Crippen molar-refractivity contribution in [2.75, 3.05) is 13.2 Å². The van der Waals surface area contributed by atoms with Gasteiger partial charge in [-0.05, 0) is 30.2 Å². The van der Waals surface area contributed by atoms with Crippen molar-refractivity contribution in [3.8, 4) is 5.75 Å². The molecule has 5 nitrogen and oxygen atoms in total. The molecule has 0 radical (unpaired) electrons. The van der Waals surface area contributed by atoms with E-state index in [0.29, 0.717) is 31.8 Å². The monoisotopic (exact) mass is 360 g/mol. The highest BCUT2D eigenvalue weighted by atomic mass is 32.2. The van der Waals surface area contributed by atoms with Crippen LogP contribution in [0.4, 0.5) is 0 Å². The highest BCUT2D eigenvalue weighted by Crippen LogP contribution is 2.33. The first-order valence-electron chi connectivity index (χ1n) is 8.36. The predicted molar refractivity (Wildman–Crippen MR) is 92.3 cm³/mol. The van der Waals surface area contributed by atoms with E-state index in [1.54, 1.807) is 24.3 Å². The van der Waals surface area contributed by atoms with Crippen LogP contribution >= 0.6 is 0 Å². The van der Waals surface area contributed by atoms with Crippen LogP contribution in [0, 0.1) is 6.92 Å². The third-order valence-electron chi connectivity index (χ3n) is 4.38. The number of rotatable bonds is 7. The number of aryl methyl sites for hydroxylation is 1. The smallest absolute Gasteiger partial charge is 0.339 e. The minimum absolute atomic E-state index is 0.150. The molecule has 0 aromatic heterocycles. The van der Waals surface area contributed by atoms with Gasteiger partial charge in [0.1, 0.15) is 10.6 Å². The van der Waals surface area contributed by atoms with Crippen molar-refractivity contribution in [2.24, 2.45) is 0 Å². The summed E-state index contributed by atoms with van der Waals surface area (Å²) in [5.41, 5.74) is 2.71. The van der Waals surface area contributed by atoms with E-state index in [0.717, 1.165) is 16.7 Å². The van der Waals surface area contributed by atoms with Crippen LogP contribution < -0.4 is 4.18 Å². The van der Waals surface area contributed by atoms with E-state index in [9.17, 15) is 8.42 Å². The Morgan fingerprint density at radius 1 is 0.960 bits per heavy atom. The largest absolute Gasteiger partial charge is 0.378 e. The van der Waals surface area contributed by atoms with Crippen molar-refractivity contribution in [3.05, 3.63) is 59.2 Å². The molecule has 0 amide bonds. The summed E-state index contributed by atoms with van der Waals surface area (Å²) in [6.07, 6.45) is 1.60. The summed E-state index contributed by atoms with van der Waals surface area (Å²) in [5, 5.41) is 0. The standard InChI is InChI=1S/C19H20O5S/c1-13-5-7-18(8-6-13)25(20,21)24-19-14(9-16-11-22-16)3-2-4-15(19)10-17-12-23-17/h2-8,16-17H,9-12H2,1H3. The van der Waals surface area contributed by atoms with Crippen molar-refractivity contribution < 1.29 is 22.1 Å². The fourth-order valence-electron chi connectivity index (χ4n) is 2.79. The Bertz CT molecular complexity index is 833. The first-order valence-corrected chi connectivity index (χ1v) is 9.77. The van der Waals surface area contributed by atoms with E-state index in [1.807, 2.05) is 25.1 Å². The number of benzene rings is 2. The first kappa shape index (κ1) is 16.6. The Hall–Kier alpha value is -1.89. The topological polar surface area (TPSA) is 68.4 Å². The average Bonchev–Trinajstić information content (AvgIpc) is 3.47. The Kier molecular flexibility index (Phi) is 4.27. The van der Waals surface area contributed by atoms with Crippen LogP contribution in [0.15, 0.2) is 47.4 Å². The molecule has 2 aromatic carbocycles. The Morgan fingerprint density at radius 3 is 1.96 bits per heavy atom. The van der Waals surface area contributed by atoms with Crippen LogP contribution in [0.2, 0.25) is 0 Å². The van der Waals surface area contributed by atoms with Gasteiger partial charge in [-0.3, -0.25) is 0 Å². The van der Waals surface area contributed by atoms with Gasteiger partial charge in [-0.25, -0.2) is 0 Å². The van der Waals surface area contributed by atoms with E-state index in [-0.39, 0.29) is 17.1 Å². The van der Waals surface area contributed by atoms with Gasteiger partial charge >= 0.3 is 10.1 Å². The summed E-state index contributed by atoms with van der Waals surface area (Å²) in [6.45, 7) is 3.33. The van der Waals surface area contributed by atoms with Crippen LogP contribution in [0.25, 0.3) is 0 Å². The van der Waals surface area contributed by atoms with E-state index in [2.05, 4.69) is 0 Å². The molecule has 0 N–H and O–H groups in total. The number of hydrogen-bond acceptors (Lipinski definition) is 5. The fourth-order valence-corrected chi connectivity index (χ4v) is 3.79. The Labute approximate surface area is 147 Å². The molecule has 6 heteroatoms. The van der Waals surface area contributed by atoms with Gasteiger partial charge in [-0.1, -0.05) is 35.9 Å². The van der Waals surface area contributed by atoms with E-state index in [1.165, 1.54) is 0 Å². The summed E-state index contributed by atoms with van der Waals surface area (Å²) < 4.78 is 41.7. The summed E-state index contributed by atoms with van der Waals surface area (Å²) in [7, 11) is -3.89. The van der Waals surface area contributed by atoms with E-state index < -0.39 is 10.1 Å². The number of para-hydroxylation sites is 1. The number of hydrogen-bond donors (Lipinski definition) is 0. The molecule has 2 atom stereocenters. The highest BCUT2D eigenvalue weighted by molar-refractivity contribution is 7.87. The molecule has 2 unspecified atom stereocenters. The van der Waals surface area contributed by atoms with Crippen molar-refractivity contribution in [1.82, 2.24) is 0 Å². The third kappa shape index (κ3) is 4.03. The van der Waals surface area contributed by atoms with Gasteiger partial charge in [-0.2, -0.15) is 8.42 Å². The maximum atomic E-state index is 12.7. The third-order valence-corrected chi connectivity index (χ3v) is 5.62. The van der Waals surface area contributed by atoms with Crippen molar-refractivity contribution in [2.45, 2.75) is 36.9 Å². The number of epoxide rings is 2. The van der Waals surface area contributed by atoms with Crippen molar-refractivity contribution in [3.63, 3.8) is 0 Å². The molecule has 2 aliphatic rings. The molecule has 2 saturated heterocycles. The maximum absolute atomic E-state index is 12.7. The molecule has 2 fully saturated rings. The fraction of sp³-hybridized carbons (Fsp3) is 0.368. The summed E-state index contributed by atoms with van der Waals surface area (Å²) in [5.74, 6) is 0.425. The van der Waals surface area contributed by atoms with E-state index in [4.69, 9.17) is 13.7 Å². The van der Waals surface area contributed by atoms with Crippen LogP contribution in [0.5, 0.6) is 5.75 Å². The van der Waals surface area contributed by atoms with Crippen molar-refractivity contribution in [1.29, 1.82) is 0 Å². The summed E-state index contributed by atoms with van der Waals surface area (Å²) in [4.78, 5) is 0.157. The SMILES string of the molecule is Cc1ccc(S(=O)(=O)Oc2c(CC3CO3)cccc2CC2CO2)cc1. The molecule has 4 rings (SSSR count). The quantitative estimate of drug-likeness (QED) is 0.561. The first-order chi connectivity index (χ1) is 12.0. The molecule has 0 bridgehead atoms. The number of ether oxygens (including phenoxy) is 2. The molecule has 0 aliphatic carbocycles. The van der Waals surface area contributed by atoms with Gasteiger partial charge in [0.2, 0.25) is 0 Å². The molecule has 0 spiro atoms. The zero-order chi connectivity index (χ0) is 17.4. The van der Waals surface area contributed by atoms with Gasteiger partial charge in [0.05, 0.1) is 25.4 Å². The lowest BCUT2D eigenvalue weighted by molar-refractivity contribution is 0.400. The molecule has 132 valence electrons. The molecule has 2 aromatic rings. The van der Waals surface area contributed by atoms with Gasteiger partial charge < -0.3 is 13.7 Å². The Balaban J connectivity index is 1.67. The summed E-state index contributed by atoms with van der Waals surface area (Å²) >= 11 is 0. The lowest BCUT2D eigenvalue weighted by Gasteiger charge is -2.15. The highest BCUT2D eigenvalue weighted by Gasteiger charge is 2.30. The average molecular weight is 360 g/mol. The van der Waals surface area contributed by atoms with Gasteiger partial charge in [0.15, 0.2) is 0 Å². The van der Waals surface area contributed by atoms with Crippen LogP contribution in [-0.2, 0) is 32.4 Å². The molecular formula is C19H20O5S. The van der Waals surface area contributed by atoms with Crippen molar-refractivity contribution >= 4 is 10.1 Å². The second-order valence-corrected chi connectivity index (χ2v) is 8.12. The van der Waals surface area contributed by atoms with Crippen LogP contribution in [-0.4, -0.2) is 33.8 Å². The van der Waals surface area contributed by atoms with Gasteiger partial charge in [0, 0.05) is 12.8 Å². The maximum Gasteiger partial charge on any atom is 0.339 e. The molecule has 0 saturated carbocycles. The van der Waals surface area contributed by atoms with Crippen LogP contribution in [0.3, 0.4) is 0 Å². The van der Waals surface area contributed by atoms with E-state index >= 15 is 0 Å². The minimum atomic E-state index is -3.89. The lowest BCUT2D eigenvalue weighted by atomic mass is 10.0. The molecule has 25 heavy (non-hydrogen) atoms. The Morgan fingerprint density at radius 2 is 1.48 bits per heavy atom.